The highest BCUT2D eigenvalue weighted by Gasteiger charge is 2.15. The Morgan fingerprint density at radius 1 is 1.13 bits per heavy atom. The van der Waals surface area contributed by atoms with Gasteiger partial charge in [-0.05, 0) is 20.8 Å². The molecule has 5 nitrogen and oxygen atoms in total. The minimum Gasteiger partial charge on any atom is -0.350 e. The van der Waals surface area contributed by atoms with Crippen molar-refractivity contribution in [1.82, 2.24) is 15.6 Å². The number of rotatable bonds is 5. The van der Waals surface area contributed by atoms with Crippen LogP contribution < -0.4 is 10.6 Å². The van der Waals surface area contributed by atoms with E-state index in [2.05, 4.69) is 15.6 Å². The molecule has 1 aromatic heterocycles. The molecule has 0 aliphatic carbocycles. The third-order valence-electron chi connectivity index (χ3n) is 2.87. The molecule has 0 unspecified atom stereocenters. The van der Waals surface area contributed by atoms with Gasteiger partial charge >= 0.3 is 0 Å². The van der Waals surface area contributed by atoms with Crippen molar-refractivity contribution in [1.29, 1.82) is 0 Å². The van der Waals surface area contributed by atoms with Gasteiger partial charge in [-0.3, -0.25) is 9.59 Å². The zero-order valence-corrected chi connectivity index (χ0v) is 14.4. The topological polar surface area (TPSA) is 71.1 Å². The summed E-state index contributed by atoms with van der Waals surface area (Å²) in [5, 5.41) is 8.17. The van der Waals surface area contributed by atoms with Gasteiger partial charge in [0, 0.05) is 16.5 Å². The maximum absolute atomic E-state index is 11.9. The van der Waals surface area contributed by atoms with Crippen molar-refractivity contribution in [3.63, 3.8) is 0 Å². The lowest BCUT2D eigenvalue weighted by atomic mass is 10.1. The highest BCUT2D eigenvalue weighted by atomic mass is 32.1. The van der Waals surface area contributed by atoms with Gasteiger partial charge in [0.1, 0.15) is 5.01 Å². The average molecular weight is 331 g/mol. The molecule has 0 aliphatic heterocycles. The predicted molar refractivity (Wildman–Crippen MR) is 92.2 cm³/mol. The van der Waals surface area contributed by atoms with Gasteiger partial charge in [0.25, 0.3) is 0 Å². The lowest BCUT2D eigenvalue weighted by Crippen LogP contribution is -2.46. The Labute approximate surface area is 140 Å². The standard InChI is InChI=1S/C17H21N3O2S/c1-17(2,3)20-15(22)10-18-14(21)9-13-11-23-16(19-13)12-7-5-4-6-8-12/h4-8,11H,9-10H2,1-3H3,(H,18,21)(H,20,22). The Hall–Kier alpha value is -2.21. The Kier molecular flexibility index (Phi) is 5.50. The molecule has 6 heteroatoms. The Bertz CT molecular complexity index is 675. The van der Waals surface area contributed by atoms with Crippen LogP contribution in [0.5, 0.6) is 0 Å². The molecule has 1 heterocycles. The molecule has 23 heavy (non-hydrogen) atoms. The molecule has 1 aromatic carbocycles. The molecule has 0 radical (unpaired) electrons. The predicted octanol–water partition coefficient (Wildman–Crippen LogP) is 2.38. The van der Waals surface area contributed by atoms with Crippen LogP contribution in [0.15, 0.2) is 35.7 Å². The zero-order chi connectivity index (χ0) is 16.9. The lowest BCUT2D eigenvalue weighted by Gasteiger charge is -2.20. The van der Waals surface area contributed by atoms with Crippen molar-refractivity contribution >= 4 is 23.2 Å². The minimum atomic E-state index is -0.304. The van der Waals surface area contributed by atoms with E-state index < -0.39 is 0 Å². The third-order valence-corrected chi connectivity index (χ3v) is 3.81. The van der Waals surface area contributed by atoms with Crippen molar-refractivity contribution in [2.24, 2.45) is 0 Å². The molecule has 0 aliphatic rings. The number of carbonyl (C=O) groups is 2. The molecule has 0 spiro atoms. The summed E-state index contributed by atoms with van der Waals surface area (Å²) in [6, 6.07) is 9.83. The fourth-order valence-electron chi connectivity index (χ4n) is 1.97. The van der Waals surface area contributed by atoms with Crippen LogP contribution in [0, 0.1) is 0 Å². The van der Waals surface area contributed by atoms with Gasteiger partial charge in [-0.15, -0.1) is 11.3 Å². The highest BCUT2D eigenvalue weighted by molar-refractivity contribution is 7.13. The summed E-state index contributed by atoms with van der Waals surface area (Å²) in [6.45, 7) is 5.67. The maximum Gasteiger partial charge on any atom is 0.239 e. The number of aromatic nitrogens is 1. The molecule has 0 bridgehead atoms. The largest absolute Gasteiger partial charge is 0.350 e. The fourth-order valence-corrected chi connectivity index (χ4v) is 2.80. The first-order valence-corrected chi connectivity index (χ1v) is 8.29. The summed E-state index contributed by atoms with van der Waals surface area (Å²) in [5.41, 5.74) is 1.44. The molecule has 2 rings (SSSR count). The van der Waals surface area contributed by atoms with Gasteiger partial charge in [-0.2, -0.15) is 0 Å². The highest BCUT2D eigenvalue weighted by Crippen LogP contribution is 2.23. The van der Waals surface area contributed by atoms with E-state index in [4.69, 9.17) is 0 Å². The van der Waals surface area contributed by atoms with Crippen molar-refractivity contribution in [3.8, 4) is 10.6 Å². The van der Waals surface area contributed by atoms with Crippen LogP contribution in [0.1, 0.15) is 26.5 Å². The first kappa shape index (κ1) is 17.1. The van der Waals surface area contributed by atoms with Gasteiger partial charge in [-0.25, -0.2) is 4.98 Å². The number of hydrogen-bond donors (Lipinski definition) is 2. The van der Waals surface area contributed by atoms with Crippen molar-refractivity contribution in [2.45, 2.75) is 32.7 Å². The molecule has 2 amide bonds. The summed E-state index contributed by atoms with van der Waals surface area (Å²) in [7, 11) is 0. The van der Waals surface area contributed by atoms with Crippen LogP contribution in [-0.4, -0.2) is 28.9 Å². The van der Waals surface area contributed by atoms with E-state index in [0.717, 1.165) is 10.6 Å². The van der Waals surface area contributed by atoms with Crippen LogP contribution >= 0.6 is 11.3 Å². The average Bonchev–Trinajstić information content (AvgIpc) is 2.93. The smallest absolute Gasteiger partial charge is 0.239 e. The number of nitrogens with zero attached hydrogens (tertiary/aromatic N) is 1. The second-order valence-electron chi connectivity index (χ2n) is 6.26. The number of amides is 2. The van der Waals surface area contributed by atoms with Crippen LogP contribution in [0.3, 0.4) is 0 Å². The monoisotopic (exact) mass is 331 g/mol. The van der Waals surface area contributed by atoms with Crippen LogP contribution in [0.4, 0.5) is 0 Å². The summed E-state index contributed by atoms with van der Waals surface area (Å²) < 4.78 is 0. The Morgan fingerprint density at radius 3 is 2.48 bits per heavy atom. The van der Waals surface area contributed by atoms with E-state index in [0.29, 0.717) is 5.69 Å². The van der Waals surface area contributed by atoms with Crippen LogP contribution in [0.25, 0.3) is 10.6 Å². The number of thiazole rings is 1. The van der Waals surface area contributed by atoms with Crippen molar-refractivity contribution in [2.75, 3.05) is 6.54 Å². The van der Waals surface area contributed by atoms with Crippen LogP contribution in [0.2, 0.25) is 0 Å². The number of carbonyl (C=O) groups excluding carboxylic acids is 2. The Morgan fingerprint density at radius 2 is 1.83 bits per heavy atom. The van der Waals surface area contributed by atoms with Gasteiger partial charge in [0.15, 0.2) is 0 Å². The van der Waals surface area contributed by atoms with E-state index in [-0.39, 0.29) is 30.3 Å². The normalized spacial score (nSPS) is 11.1. The summed E-state index contributed by atoms with van der Waals surface area (Å²) in [4.78, 5) is 28.0. The molecular weight excluding hydrogens is 310 g/mol. The number of benzene rings is 1. The lowest BCUT2D eigenvalue weighted by molar-refractivity contribution is -0.126. The third kappa shape index (κ3) is 5.83. The second kappa shape index (κ2) is 7.37. The summed E-state index contributed by atoms with van der Waals surface area (Å²) >= 11 is 1.51. The molecule has 0 saturated carbocycles. The molecular formula is C17H21N3O2S. The summed E-state index contributed by atoms with van der Waals surface area (Å²) in [5.74, 6) is -0.409. The molecule has 2 N–H and O–H groups in total. The van der Waals surface area contributed by atoms with E-state index in [1.165, 1.54) is 11.3 Å². The summed E-state index contributed by atoms with van der Waals surface area (Å²) in [6.07, 6.45) is 0.173. The molecule has 0 saturated heterocycles. The van der Waals surface area contributed by atoms with Gasteiger partial charge in [-0.1, -0.05) is 30.3 Å². The zero-order valence-electron chi connectivity index (χ0n) is 13.6. The fraction of sp³-hybridized carbons (Fsp3) is 0.353. The molecule has 0 fully saturated rings. The van der Waals surface area contributed by atoms with Gasteiger partial charge in [0.05, 0.1) is 18.7 Å². The molecule has 2 aromatic rings. The maximum atomic E-state index is 11.9. The minimum absolute atomic E-state index is 0.0220. The quantitative estimate of drug-likeness (QED) is 0.884. The number of hydrogen-bond acceptors (Lipinski definition) is 4. The van der Waals surface area contributed by atoms with E-state index >= 15 is 0 Å². The second-order valence-corrected chi connectivity index (χ2v) is 7.12. The van der Waals surface area contributed by atoms with Crippen molar-refractivity contribution < 1.29 is 9.59 Å². The molecule has 0 atom stereocenters. The van der Waals surface area contributed by atoms with E-state index in [9.17, 15) is 9.59 Å². The van der Waals surface area contributed by atoms with Gasteiger partial charge < -0.3 is 10.6 Å². The van der Waals surface area contributed by atoms with E-state index in [1.807, 2.05) is 56.5 Å². The van der Waals surface area contributed by atoms with Gasteiger partial charge in [0.2, 0.25) is 11.8 Å². The molecule has 122 valence electrons. The number of nitrogens with one attached hydrogen (secondary N) is 2. The van der Waals surface area contributed by atoms with Crippen LogP contribution in [-0.2, 0) is 16.0 Å². The SMILES string of the molecule is CC(C)(C)NC(=O)CNC(=O)Cc1csc(-c2ccccc2)n1. The van der Waals surface area contributed by atoms with E-state index in [1.54, 1.807) is 0 Å². The Balaban J connectivity index is 1.84. The van der Waals surface area contributed by atoms with Crippen molar-refractivity contribution in [3.05, 3.63) is 41.4 Å². The first-order valence-electron chi connectivity index (χ1n) is 7.41. The first-order chi connectivity index (χ1) is 10.8.